The average Bonchev–Trinajstić information content (AvgIpc) is 1.90. The van der Waals surface area contributed by atoms with Crippen molar-refractivity contribution in [3.8, 4) is 0 Å². The number of rotatable bonds is 2. The number of hydrogen-bond donors (Lipinski definition) is 0. The normalized spacial score (nSPS) is 8.00. The average molecular weight is 156 g/mol. The van der Waals surface area contributed by atoms with E-state index in [1.54, 1.807) is 20.8 Å². The quantitative estimate of drug-likeness (QED) is 0.348. The molecule has 0 unspecified atom stereocenters. The van der Waals surface area contributed by atoms with Crippen molar-refractivity contribution in [2.45, 2.75) is 26.9 Å². The zero-order valence-corrected chi connectivity index (χ0v) is 7.52. The molecule has 0 saturated heterocycles. The Morgan fingerprint density at radius 2 is 1.73 bits per heavy atom. The van der Waals surface area contributed by atoms with Gasteiger partial charge in [-0.1, -0.05) is 6.58 Å². The molecular weight excluding hydrogens is 140 g/mol. The maximum atomic E-state index is 10.6. The van der Waals surface area contributed by atoms with Crippen molar-refractivity contribution in [2.75, 3.05) is 0 Å². The van der Waals surface area contributed by atoms with E-state index in [-0.39, 0.29) is 12.1 Å². The number of hydrogen-bond acceptors (Lipinski definition) is 2. The van der Waals surface area contributed by atoms with Crippen LogP contribution in [0.25, 0.3) is 0 Å². The Kier molecular flexibility index (Phi) is 8.10. The first-order valence-corrected chi connectivity index (χ1v) is 3.40. The molecule has 0 atom stereocenters. The number of esters is 1. The van der Waals surface area contributed by atoms with E-state index in [9.17, 15) is 4.79 Å². The van der Waals surface area contributed by atoms with Crippen molar-refractivity contribution in [1.29, 1.82) is 0 Å². The molecule has 0 amide bonds. The van der Waals surface area contributed by atoms with Crippen LogP contribution in [0.4, 0.5) is 0 Å². The molecule has 0 aliphatic carbocycles. The van der Waals surface area contributed by atoms with E-state index in [1.165, 1.54) is 0 Å². The van der Waals surface area contributed by atoms with Crippen molar-refractivity contribution in [2.24, 2.45) is 0 Å². The Hall–Kier alpha value is -1.05. The lowest BCUT2D eigenvalue weighted by Crippen LogP contribution is -2.11. The van der Waals surface area contributed by atoms with Gasteiger partial charge in [0, 0.05) is 5.57 Å². The lowest BCUT2D eigenvalue weighted by Gasteiger charge is -2.05. The summed E-state index contributed by atoms with van der Waals surface area (Å²) < 4.78 is 4.77. The van der Waals surface area contributed by atoms with E-state index in [4.69, 9.17) is 4.74 Å². The molecule has 2 heteroatoms. The van der Waals surface area contributed by atoms with Crippen molar-refractivity contribution < 1.29 is 9.53 Å². The topological polar surface area (TPSA) is 26.3 Å². The fraction of sp³-hybridized carbons (Fsp3) is 0.444. The SMILES string of the molecule is C=C.C=C(C)C(=O)OC(C)C. The third kappa shape index (κ3) is 8.95. The predicted octanol–water partition coefficient (Wildman–Crippen LogP) is 2.32. The van der Waals surface area contributed by atoms with Crippen LogP contribution in [0.5, 0.6) is 0 Å². The highest BCUT2D eigenvalue weighted by atomic mass is 16.5. The molecule has 0 aromatic rings. The maximum Gasteiger partial charge on any atom is 0.333 e. The Bertz CT molecular complexity index is 136. The summed E-state index contributed by atoms with van der Waals surface area (Å²) in [5, 5.41) is 0. The summed E-state index contributed by atoms with van der Waals surface area (Å²) in [5.74, 6) is -0.315. The van der Waals surface area contributed by atoms with E-state index in [2.05, 4.69) is 19.7 Å². The summed E-state index contributed by atoms with van der Waals surface area (Å²) in [6, 6.07) is 0. The highest BCUT2D eigenvalue weighted by molar-refractivity contribution is 5.87. The molecule has 0 aliphatic heterocycles. The van der Waals surface area contributed by atoms with E-state index in [0.717, 1.165) is 0 Å². The third-order valence-corrected chi connectivity index (χ3v) is 0.691. The minimum atomic E-state index is -0.315. The molecule has 0 bridgehead atoms. The molecule has 0 saturated carbocycles. The molecule has 2 nitrogen and oxygen atoms in total. The minimum absolute atomic E-state index is 0.0470. The van der Waals surface area contributed by atoms with Gasteiger partial charge in [0.15, 0.2) is 0 Å². The van der Waals surface area contributed by atoms with Crippen molar-refractivity contribution in [3.63, 3.8) is 0 Å². The van der Waals surface area contributed by atoms with Gasteiger partial charge < -0.3 is 4.74 Å². The van der Waals surface area contributed by atoms with Crippen LogP contribution in [-0.4, -0.2) is 12.1 Å². The molecule has 0 rings (SSSR count). The lowest BCUT2D eigenvalue weighted by molar-refractivity contribution is -0.142. The Morgan fingerprint density at radius 1 is 1.36 bits per heavy atom. The summed E-state index contributed by atoms with van der Waals surface area (Å²) in [4.78, 5) is 10.6. The van der Waals surface area contributed by atoms with E-state index >= 15 is 0 Å². The largest absolute Gasteiger partial charge is 0.460 e. The zero-order chi connectivity index (χ0) is 9.44. The van der Waals surface area contributed by atoms with Gasteiger partial charge in [0.2, 0.25) is 0 Å². The first kappa shape index (κ1) is 12.6. The van der Waals surface area contributed by atoms with Crippen LogP contribution in [0, 0.1) is 0 Å². The summed E-state index contributed by atoms with van der Waals surface area (Å²) in [6.45, 7) is 14.7. The van der Waals surface area contributed by atoms with Gasteiger partial charge in [0.05, 0.1) is 6.10 Å². The number of carbonyl (C=O) groups excluding carboxylic acids is 1. The smallest absolute Gasteiger partial charge is 0.333 e. The maximum absolute atomic E-state index is 10.6. The molecule has 0 radical (unpaired) electrons. The first-order valence-electron chi connectivity index (χ1n) is 3.40. The summed E-state index contributed by atoms with van der Waals surface area (Å²) in [6.07, 6.45) is -0.0470. The second-order valence-corrected chi connectivity index (χ2v) is 2.23. The molecule has 64 valence electrons. The van der Waals surface area contributed by atoms with Crippen LogP contribution in [-0.2, 0) is 9.53 Å². The van der Waals surface area contributed by atoms with Crippen LogP contribution in [0.2, 0.25) is 0 Å². The van der Waals surface area contributed by atoms with Gasteiger partial charge in [0.25, 0.3) is 0 Å². The van der Waals surface area contributed by atoms with E-state index < -0.39 is 0 Å². The molecule has 0 aliphatic rings. The van der Waals surface area contributed by atoms with Crippen LogP contribution in [0.1, 0.15) is 20.8 Å². The minimum Gasteiger partial charge on any atom is -0.460 e. The number of ether oxygens (including phenoxy) is 1. The van der Waals surface area contributed by atoms with Gasteiger partial charge in [-0.25, -0.2) is 4.79 Å². The van der Waals surface area contributed by atoms with Gasteiger partial charge in [-0.3, -0.25) is 0 Å². The molecule has 0 heterocycles. The van der Waals surface area contributed by atoms with Crippen LogP contribution < -0.4 is 0 Å². The molecule has 0 aromatic heterocycles. The van der Waals surface area contributed by atoms with Crippen molar-refractivity contribution >= 4 is 5.97 Å². The zero-order valence-electron chi connectivity index (χ0n) is 7.52. The fourth-order valence-electron chi connectivity index (χ4n) is 0.315. The number of carbonyl (C=O) groups is 1. The van der Waals surface area contributed by atoms with Crippen LogP contribution in [0.3, 0.4) is 0 Å². The highest BCUT2D eigenvalue weighted by Gasteiger charge is 2.03. The summed E-state index contributed by atoms with van der Waals surface area (Å²) in [5.41, 5.74) is 0.448. The first-order chi connectivity index (χ1) is 5.04. The van der Waals surface area contributed by atoms with Gasteiger partial charge in [0.1, 0.15) is 0 Å². The summed E-state index contributed by atoms with van der Waals surface area (Å²) in [7, 11) is 0. The van der Waals surface area contributed by atoms with Crippen LogP contribution in [0.15, 0.2) is 25.3 Å². The molecule has 0 fully saturated rings. The Labute approximate surface area is 68.6 Å². The van der Waals surface area contributed by atoms with Gasteiger partial charge in [-0.15, -0.1) is 13.2 Å². The van der Waals surface area contributed by atoms with Crippen molar-refractivity contribution in [1.82, 2.24) is 0 Å². The predicted molar refractivity (Wildman–Crippen MR) is 47.3 cm³/mol. The van der Waals surface area contributed by atoms with Gasteiger partial charge in [-0.05, 0) is 20.8 Å². The van der Waals surface area contributed by atoms with Gasteiger partial charge >= 0.3 is 5.97 Å². The monoisotopic (exact) mass is 156 g/mol. The molecule has 0 spiro atoms. The second-order valence-electron chi connectivity index (χ2n) is 2.23. The van der Waals surface area contributed by atoms with Crippen molar-refractivity contribution in [3.05, 3.63) is 25.3 Å². The van der Waals surface area contributed by atoms with E-state index in [0.29, 0.717) is 5.57 Å². The molecule has 0 aromatic carbocycles. The van der Waals surface area contributed by atoms with Gasteiger partial charge in [-0.2, -0.15) is 0 Å². The summed E-state index contributed by atoms with van der Waals surface area (Å²) >= 11 is 0. The Morgan fingerprint density at radius 3 is 1.82 bits per heavy atom. The second kappa shape index (κ2) is 7.06. The molecule has 0 N–H and O–H groups in total. The lowest BCUT2D eigenvalue weighted by atomic mass is 10.3. The third-order valence-electron chi connectivity index (χ3n) is 0.691. The standard InChI is InChI=1S/C7H12O2.C2H4/c1-5(2)7(8)9-6(3)4;1-2/h6H,1H2,2-4H3;1-2H2. The fourth-order valence-corrected chi connectivity index (χ4v) is 0.315. The molecular formula is C9H16O2. The van der Waals surface area contributed by atoms with E-state index in [1.807, 2.05) is 0 Å². The van der Waals surface area contributed by atoms with Crippen LogP contribution >= 0.6 is 0 Å². The molecule has 11 heavy (non-hydrogen) atoms. The Balaban J connectivity index is 0. The highest BCUT2D eigenvalue weighted by Crippen LogP contribution is 1.95.